The Kier molecular flexibility index (Phi) is 8.63. The topological polar surface area (TPSA) is 80.4 Å². The van der Waals surface area contributed by atoms with E-state index in [2.05, 4.69) is 13.8 Å². The van der Waals surface area contributed by atoms with Crippen LogP contribution in [-0.4, -0.2) is 23.2 Å². The first-order chi connectivity index (χ1) is 15.3. The average molecular weight is 468 g/mol. The van der Waals surface area contributed by atoms with Gasteiger partial charge in [-0.2, -0.15) is 13.2 Å². The number of benzene rings is 2. The van der Waals surface area contributed by atoms with E-state index in [1.54, 1.807) is 24.3 Å². The maximum Gasteiger partial charge on any atom is 0.490 e. The fourth-order valence-corrected chi connectivity index (χ4v) is 3.89. The summed E-state index contributed by atoms with van der Waals surface area (Å²) in [5.41, 5.74) is 8.60. The van der Waals surface area contributed by atoms with E-state index in [1.807, 2.05) is 18.2 Å². The van der Waals surface area contributed by atoms with Crippen LogP contribution in [0.5, 0.6) is 0 Å². The summed E-state index contributed by atoms with van der Waals surface area (Å²) >= 11 is 0. The Labute approximate surface area is 190 Å². The van der Waals surface area contributed by atoms with Crippen LogP contribution in [0.1, 0.15) is 61.9 Å². The molecule has 0 heterocycles. The molecule has 1 fully saturated rings. The number of rotatable bonds is 5. The second kappa shape index (κ2) is 10.8. The highest BCUT2D eigenvalue weighted by Gasteiger charge is 2.38. The molecule has 0 atom stereocenters. The van der Waals surface area contributed by atoms with Crippen molar-refractivity contribution < 1.29 is 32.3 Å². The van der Waals surface area contributed by atoms with Crippen molar-refractivity contribution >= 4 is 11.9 Å². The molecule has 0 aromatic heterocycles. The lowest BCUT2D eigenvalue weighted by atomic mass is 9.72. The monoisotopic (exact) mass is 467 g/mol. The summed E-state index contributed by atoms with van der Waals surface area (Å²) in [6.45, 7) is 4.68. The average Bonchev–Trinajstić information content (AvgIpc) is 2.73. The van der Waals surface area contributed by atoms with Crippen LogP contribution in [0, 0.1) is 17.2 Å². The van der Waals surface area contributed by atoms with Gasteiger partial charge in [-0.25, -0.2) is 9.18 Å². The Morgan fingerprint density at radius 3 is 2.15 bits per heavy atom. The van der Waals surface area contributed by atoms with E-state index in [9.17, 15) is 22.4 Å². The number of amides is 1. The van der Waals surface area contributed by atoms with Gasteiger partial charge >= 0.3 is 12.1 Å². The molecule has 8 heteroatoms. The standard InChI is InChI=1S/C23H28FNO.C2HF3O2/c1-23(2)12-10-16(11-13-23)6-7-17-8-9-19(15-21(17)24)18-4-3-5-20(14-18)22(25)26;3-2(4,5)1(6)7/h3-5,8-9,14-16H,6-7,10-13H2,1-2H3,(H2,25,26);(H,6,7). The molecule has 1 aliphatic carbocycles. The van der Waals surface area contributed by atoms with Crippen molar-refractivity contribution in [3.8, 4) is 11.1 Å². The van der Waals surface area contributed by atoms with Crippen molar-refractivity contribution in [1.29, 1.82) is 0 Å². The van der Waals surface area contributed by atoms with Crippen molar-refractivity contribution in [2.45, 2.75) is 58.5 Å². The van der Waals surface area contributed by atoms with Crippen LogP contribution in [0.15, 0.2) is 42.5 Å². The highest BCUT2D eigenvalue weighted by Crippen LogP contribution is 2.39. The third-order valence-electron chi connectivity index (χ3n) is 6.06. The first-order valence-corrected chi connectivity index (χ1v) is 10.8. The predicted octanol–water partition coefficient (Wildman–Crippen LogP) is 6.37. The predicted molar refractivity (Wildman–Crippen MR) is 118 cm³/mol. The molecule has 0 bridgehead atoms. The minimum absolute atomic E-state index is 0.164. The van der Waals surface area contributed by atoms with Crippen LogP contribution < -0.4 is 5.73 Å². The Hall–Kier alpha value is -2.90. The molecule has 1 saturated carbocycles. The van der Waals surface area contributed by atoms with Gasteiger partial charge in [0.25, 0.3) is 0 Å². The summed E-state index contributed by atoms with van der Waals surface area (Å²) in [5, 5.41) is 7.12. The van der Waals surface area contributed by atoms with E-state index < -0.39 is 18.1 Å². The molecule has 3 N–H and O–H groups in total. The van der Waals surface area contributed by atoms with Gasteiger partial charge in [0.2, 0.25) is 5.91 Å². The summed E-state index contributed by atoms with van der Waals surface area (Å²) in [4.78, 5) is 20.2. The van der Waals surface area contributed by atoms with Gasteiger partial charge in [-0.15, -0.1) is 0 Å². The molecule has 2 aromatic rings. The molecular formula is C25H29F4NO3. The molecule has 0 spiro atoms. The van der Waals surface area contributed by atoms with Gasteiger partial charge in [-0.3, -0.25) is 4.79 Å². The first kappa shape index (κ1) is 26.4. The molecule has 0 aliphatic heterocycles. The number of nitrogens with two attached hydrogens (primary N) is 1. The van der Waals surface area contributed by atoms with Crippen molar-refractivity contribution in [2.24, 2.45) is 17.1 Å². The van der Waals surface area contributed by atoms with Gasteiger partial charge in [0, 0.05) is 5.56 Å². The highest BCUT2D eigenvalue weighted by atomic mass is 19.4. The van der Waals surface area contributed by atoms with Gasteiger partial charge in [-0.05, 0) is 84.7 Å². The van der Waals surface area contributed by atoms with Crippen LogP contribution in [0.4, 0.5) is 17.6 Å². The zero-order chi connectivity index (χ0) is 24.8. The molecule has 2 aromatic carbocycles. The minimum Gasteiger partial charge on any atom is -0.475 e. The van der Waals surface area contributed by atoms with Crippen LogP contribution >= 0.6 is 0 Å². The lowest BCUT2D eigenvalue weighted by molar-refractivity contribution is -0.192. The maximum atomic E-state index is 14.6. The molecule has 0 radical (unpaired) electrons. The third kappa shape index (κ3) is 8.18. The molecule has 4 nitrogen and oxygen atoms in total. The first-order valence-electron chi connectivity index (χ1n) is 10.8. The van der Waals surface area contributed by atoms with E-state index in [-0.39, 0.29) is 5.82 Å². The number of carboxylic acids is 1. The van der Waals surface area contributed by atoms with E-state index >= 15 is 0 Å². The van der Waals surface area contributed by atoms with Crippen molar-refractivity contribution in [2.75, 3.05) is 0 Å². The lowest BCUT2D eigenvalue weighted by Crippen LogP contribution is -2.21. The highest BCUT2D eigenvalue weighted by molar-refractivity contribution is 5.94. The van der Waals surface area contributed by atoms with Crippen LogP contribution in [0.2, 0.25) is 0 Å². The van der Waals surface area contributed by atoms with Crippen molar-refractivity contribution in [1.82, 2.24) is 0 Å². The smallest absolute Gasteiger partial charge is 0.475 e. The molecule has 1 aliphatic rings. The number of carboxylic acid groups (broad SMARTS) is 1. The van der Waals surface area contributed by atoms with Crippen molar-refractivity contribution in [3.63, 3.8) is 0 Å². The maximum absolute atomic E-state index is 14.6. The van der Waals surface area contributed by atoms with Gasteiger partial charge in [0.15, 0.2) is 0 Å². The Balaban J connectivity index is 0.000000479. The SMILES string of the molecule is CC1(C)CCC(CCc2ccc(-c3cccc(C(N)=O)c3)cc2F)CC1.O=C(O)C(F)(F)F. The van der Waals surface area contributed by atoms with E-state index in [4.69, 9.17) is 15.6 Å². The zero-order valence-electron chi connectivity index (χ0n) is 18.7. The van der Waals surface area contributed by atoms with Gasteiger partial charge in [0.1, 0.15) is 5.82 Å². The van der Waals surface area contributed by atoms with Gasteiger partial charge in [-0.1, -0.05) is 38.1 Å². The number of carbonyl (C=O) groups is 2. The summed E-state index contributed by atoms with van der Waals surface area (Å²) in [5.74, 6) is -2.68. The summed E-state index contributed by atoms with van der Waals surface area (Å²) in [6.07, 6.45) is 1.83. The van der Waals surface area contributed by atoms with Gasteiger partial charge in [0.05, 0.1) is 0 Å². The fraction of sp³-hybridized carbons (Fsp3) is 0.440. The second-order valence-electron chi connectivity index (χ2n) is 9.20. The number of aliphatic carboxylic acids is 1. The number of alkyl halides is 3. The Morgan fingerprint density at radius 1 is 1.06 bits per heavy atom. The molecule has 0 unspecified atom stereocenters. The van der Waals surface area contributed by atoms with E-state index in [1.165, 1.54) is 25.7 Å². The fourth-order valence-electron chi connectivity index (χ4n) is 3.89. The number of halogens is 4. The molecule has 1 amide bonds. The number of hydrogen-bond donors (Lipinski definition) is 2. The quantitative estimate of drug-likeness (QED) is 0.501. The Morgan fingerprint density at radius 2 is 1.64 bits per heavy atom. The van der Waals surface area contributed by atoms with Crippen LogP contribution in [0.3, 0.4) is 0 Å². The van der Waals surface area contributed by atoms with E-state index in [0.717, 1.165) is 29.5 Å². The molecule has 3 rings (SSSR count). The normalized spacial score (nSPS) is 15.9. The summed E-state index contributed by atoms with van der Waals surface area (Å²) in [6, 6.07) is 12.4. The van der Waals surface area contributed by atoms with Crippen LogP contribution in [-0.2, 0) is 11.2 Å². The Bertz CT molecular complexity index is 976. The number of aryl methyl sites for hydroxylation is 1. The van der Waals surface area contributed by atoms with Crippen molar-refractivity contribution in [3.05, 3.63) is 59.4 Å². The van der Waals surface area contributed by atoms with E-state index in [0.29, 0.717) is 16.9 Å². The molecular weight excluding hydrogens is 438 g/mol. The number of hydrogen-bond acceptors (Lipinski definition) is 2. The summed E-state index contributed by atoms with van der Waals surface area (Å²) in [7, 11) is 0. The second-order valence-corrected chi connectivity index (χ2v) is 9.20. The zero-order valence-corrected chi connectivity index (χ0v) is 18.7. The molecule has 180 valence electrons. The third-order valence-corrected chi connectivity index (χ3v) is 6.06. The van der Waals surface area contributed by atoms with Gasteiger partial charge < -0.3 is 10.8 Å². The largest absolute Gasteiger partial charge is 0.490 e. The summed E-state index contributed by atoms with van der Waals surface area (Å²) < 4.78 is 46.3. The van der Waals surface area contributed by atoms with Crippen LogP contribution in [0.25, 0.3) is 11.1 Å². The minimum atomic E-state index is -5.08. The lowest BCUT2D eigenvalue weighted by Gasteiger charge is -2.34. The number of carbonyl (C=O) groups excluding carboxylic acids is 1. The number of primary amides is 1. The molecule has 0 saturated heterocycles. The molecule has 33 heavy (non-hydrogen) atoms.